The van der Waals surface area contributed by atoms with Crippen LogP contribution < -0.4 is 5.32 Å². The first kappa shape index (κ1) is 24.8. The lowest BCUT2D eigenvalue weighted by Gasteiger charge is -2.35. The number of rotatable bonds is 6. The van der Waals surface area contributed by atoms with Crippen molar-refractivity contribution in [3.63, 3.8) is 0 Å². The van der Waals surface area contributed by atoms with Gasteiger partial charge in [-0.05, 0) is 66.1 Å². The molecule has 3 aromatic carbocycles. The van der Waals surface area contributed by atoms with Crippen molar-refractivity contribution in [1.29, 1.82) is 0 Å². The fourth-order valence-corrected chi connectivity index (χ4v) is 4.55. The van der Waals surface area contributed by atoms with Crippen molar-refractivity contribution in [3.8, 4) is 0 Å². The number of benzene rings is 3. The SMILES string of the molecule is Cc1ccc2nc(NC(Cc3ccccc3)(c3cc(F)cc(C(F)(F)F)c3)c3ccc(Cl)cn3)[nH]c2c1. The highest BCUT2D eigenvalue weighted by molar-refractivity contribution is 6.30. The summed E-state index contributed by atoms with van der Waals surface area (Å²) in [6, 6.07) is 20.6. The van der Waals surface area contributed by atoms with E-state index in [0.717, 1.165) is 28.8 Å². The summed E-state index contributed by atoms with van der Waals surface area (Å²) >= 11 is 6.10. The van der Waals surface area contributed by atoms with E-state index in [0.29, 0.717) is 28.2 Å². The van der Waals surface area contributed by atoms with E-state index < -0.39 is 23.1 Å². The van der Waals surface area contributed by atoms with E-state index in [9.17, 15) is 17.6 Å². The number of nitrogens with one attached hydrogen (secondary N) is 2. The third-order valence-corrected chi connectivity index (χ3v) is 6.39. The predicted octanol–water partition coefficient (Wildman–Crippen LogP) is 7.68. The Labute approximate surface area is 215 Å². The molecule has 0 radical (unpaired) electrons. The number of aromatic nitrogens is 3. The predicted molar refractivity (Wildman–Crippen MR) is 136 cm³/mol. The number of alkyl halides is 3. The topological polar surface area (TPSA) is 53.6 Å². The number of halogens is 5. The minimum atomic E-state index is -4.75. The van der Waals surface area contributed by atoms with Crippen LogP contribution in [0.15, 0.2) is 85.1 Å². The summed E-state index contributed by atoms with van der Waals surface area (Å²) < 4.78 is 56.1. The van der Waals surface area contributed by atoms with Crippen LogP contribution in [0.2, 0.25) is 5.02 Å². The second kappa shape index (κ2) is 9.52. The third kappa shape index (κ3) is 5.15. The minimum absolute atomic E-state index is 0.0372. The van der Waals surface area contributed by atoms with E-state index in [1.165, 1.54) is 6.20 Å². The second-order valence-electron chi connectivity index (χ2n) is 8.89. The molecule has 2 heterocycles. The maximum absolute atomic E-state index is 14.8. The smallest absolute Gasteiger partial charge is 0.340 e. The zero-order valence-corrected chi connectivity index (χ0v) is 20.3. The number of nitrogens with zero attached hydrogens (tertiary/aromatic N) is 2. The summed E-state index contributed by atoms with van der Waals surface area (Å²) in [4.78, 5) is 12.3. The largest absolute Gasteiger partial charge is 0.416 e. The monoisotopic (exact) mass is 524 g/mol. The number of pyridine rings is 1. The van der Waals surface area contributed by atoms with Crippen LogP contribution in [0.3, 0.4) is 0 Å². The Hall–Kier alpha value is -3.91. The van der Waals surface area contributed by atoms with Gasteiger partial charge in [0.15, 0.2) is 0 Å². The molecule has 5 rings (SSSR count). The first-order valence-electron chi connectivity index (χ1n) is 11.4. The summed E-state index contributed by atoms with van der Waals surface area (Å²) in [5.74, 6) is -0.718. The molecule has 188 valence electrons. The molecule has 2 N–H and O–H groups in total. The number of aromatic amines is 1. The van der Waals surface area contributed by atoms with E-state index >= 15 is 0 Å². The van der Waals surface area contributed by atoms with Gasteiger partial charge in [0.1, 0.15) is 11.4 Å². The molecular formula is C28H21ClF4N4. The number of fused-ring (bicyclic) bond motifs is 1. The van der Waals surface area contributed by atoms with Crippen LogP contribution in [-0.2, 0) is 18.1 Å². The summed E-state index contributed by atoms with van der Waals surface area (Å²) in [5.41, 5.74) is 1.05. The minimum Gasteiger partial charge on any atom is -0.340 e. The van der Waals surface area contributed by atoms with Gasteiger partial charge >= 0.3 is 6.18 Å². The van der Waals surface area contributed by atoms with Gasteiger partial charge in [-0.15, -0.1) is 0 Å². The molecular weight excluding hydrogens is 504 g/mol. The summed E-state index contributed by atoms with van der Waals surface area (Å²) in [6.45, 7) is 1.94. The molecule has 0 saturated heterocycles. The Morgan fingerprint density at radius 2 is 1.68 bits per heavy atom. The van der Waals surface area contributed by atoms with Crippen LogP contribution in [0, 0.1) is 12.7 Å². The van der Waals surface area contributed by atoms with Gasteiger partial charge in [-0.25, -0.2) is 9.37 Å². The molecule has 1 atom stereocenters. The molecule has 0 bridgehead atoms. The van der Waals surface area contributed by atoms with Gasteiger partial charge in [0.05, 0.1) is 27.3 Å². The van der Waals surface area contributed by atoms with Gasteiger partial charge in [0, 0.05) is 12.6 Å². The third-order valence-electron chi connectivity index (χ3n) is 6.16. The lowest BCUT2D eigenvalue weighted by Crippen LogP contribution is -2.40. The van der Waals surface area contributed by atoms with E-state index in [1.807, 2.05) is 55.5 Å². The van der Waals surface area contributed by atoms with E-state index in [-0.39, 0.29) is 12.0 Å². The number of hydrogen-bond acceptors (Lipinski definition) is 3. The van der Waals surface area contributed by atoms with Gasteiger partial charge in [-0.2, -0.15) is 13.2 Å². The number of imidazole rings is 1. The van der Waals surface area contributed by atoms with E-state index in [2.05, 4.69) is 20.3 Å². The first-order valence-corrected chi connectivity index (χ1v) is 11.8. The maximum atomic E-state index is 14.8. The van der Waals surface area contributed by atoms with E-state index in [4.69, 9.17) is 11.6 Å². The van der Waals surface area contributed by atoms with Gasteiger partial charge in [0.2, 0.25) is 5.95 Å². The molecule has 0 aliphatic carbocycles. The normalized spacial score (nSPS) is 13.5. The zero-order valence-electron chi connectivity index (χ0n) is 19.6. The number of anilines is 1. The summed E-state index contributed by atoms with van der Waals surface area (Å²) in [7, 11) is 0. The second-order valence-corrected chi connectivity index (χ2v) is 9.32. The number of hydrogen-bond donors (Lipinski definition) is 2. The van der Waals surface area contributed by atoms with Crippen molar-refractivity contribution in [2.45, 2.75) is 25.1 Å². The number of H-pyrrole nitrogens is 1. The molecule has 0 saturated carbocycles. The Morgan fingerprint density at radius 1 is 0.919 bits per heavy atom. The van der Waals surface area contributed by atoms with Crippen molar-refractivity contribution < 1.29 is 17.6 Å². The van der Waals surface area contributed by atoms with Crippen LogP contribution >= 0.6 is 11.6 Å². The highest BCUT2D eigenvalue weighted by atomic mass is 35.5. The molecule has 9 heteroatoms. The molecule has 0 amide bonds. The molecule has 37 heavy (non-hydrogen) atoms. The van der Waals surface area contributed by atoms with Crippen molar-refractivity contribution in [1.82, 2.24) is 15.0 Å². The highest BCUT2D eigenvalue weighted by Crippen LogP contribution is 2.40. The zero-order chi connectivity index (χ0) is 26.2. The molecule has 0 aliphatic heterocycles. The van der Waals surface area contributed by atoms with Crippen LogP contribution in [0.1, 0.15) is 27.9 Å². The van der Waals surface area contributed by atoms with Crippen molar-refractivity contribution in [2.75, 3.05) is 5.32 Å². The van der Waals surface area contributed by atoms with Gasteiger partial charge < -0.3 is 10.3 Å². The summed E-state index contributed by atoms with van der Waals surface area (Å²) in [6.07, 6.45) is -3.21. The molecule has 0 fully saturated rings. The Bertz CT molecular complexity index is 1550. The van der Waals surface area contributed by atoms with Gasteiger partial charge in [-0.3, -0.25) is 4.98 Å². The molecule has 0 aliphatic rings. The van der Waals surface area contributed by atoms with Crippen LogP contribution in [-0.4, -0.2) is 15.0 Å². The lowest BCUT2D eigenvalue weighted by atomic mass is 9.80. The van der Waals surface area contributed by atoms with Crippen LogP contribution in [0.5, 0.6) is 0 Å². The molecule has 4 nitrogen and oxygen atoms in total. The highest BCUT2D eigenvalue weighted by Gasteiger charge is 2.40. The van der Waals surface area contributed by atoms with Gasteiger partial charge in [0.25, 0.3) is 0 Å². The average Bonchev–Trinajstić information content (AvgIpc) is 3.25. The molecule has 2 aromatic heterocycles. The van der Waals surface area contributed by atoms with Crippen molar-refractivity contribution >= 4 is 28.6 Å². The standard InChI is InChI=1S/C28H21ClF4N4/c1-17-7-9-23-24(11-17)36-26(35-23)37-27(15-18-5-3-2-4-6-18,25-10-8-21(29)16-34-25)19-12-20(28(31,32)33)14-22(30)13-19/h2-14,16H,15H2,1H3,(H2,35,36,37). The maximum Gasteiger partial charge on any atom is 0.416 e. The fraction of sp³-hybridized carbons (Fsp3) is 0.143. The number of aryl methyl sites for hydroxylation is 1. The molecule has 5 aromatic rings. The lowest BCUT2D eigenvalue weighted by molar-refractivity contribution is -0.137. The summed E-state index contributed by atoms with van der Waals surface area (Å²) in [5, 5.41) is 3.66. The first-order chi connectivity index (χ1) is 17.6. The Kier molecular flexibility index (Phi) is 6.37. The average molecular weight is 525 g/mol. The molecule has 0 spiro atoms. The fourth-order valence-electron chi connectivity index (χ4n) is 4.44. The quantitative estimate of drug-likeness (QED) is 0.224. The Morgan fingerprint density at radius 3 is 2.38 bits per heavy atom. The van der Waals surface area contributed by atoms with Gasteiger partial charge in [-0.1, -0.05) is 48.0 Å². The van der Waals surface area contributed by atoms with E-state index in [1.54, 1.807) is 12.1 Å². The van der Waals surface area contributed by atoms with Crippen LogP contribution in [0.4, 0.5) is 23.5 Å². The van der Waals surface area contributed by atoms with Crippen LogP contribution in [0.25, 0.3) is 11.0 Å². The Balaban J connectivity index is 1.77. The van der Waals surface area contributed by atoms with Crippen molar-refractivity contribution in [3.05, 3.63) is 124 Å². The molecule has 1 unspecified atom stereocenters. The van der Waals surface area contributed by atoms with Crippen molar-refractivity contribution in [2.24, 2.45) is 0 Å².